The van der Waals surface area contributed by atoms with Gasteiger partial charge in [0.1, 0.15) is 0 Å². The molecule has 1 unspecified atom stereocenters. The van der Waals surface area contributed by atoms with Crippen molar-refractivity contribution in [2.24, 2.45) is 5.16 Å². The minimum absolute atomic E-state index is 0.507. The molecule has 0 aromatic rings. The van der Waals surface area contributed by atoms with Gasteiger partial charge in [0.05, 0.1) is 11.3 Å². The Hall–Kier alpha value is -0.610. The molecule has 1 atom stereocenters. The van der Waals surface area contributed by atoms with Crippen molar-refractivity contribution >= 4 is 5.71 Å². The molecule has 0 spiro atoms. The fourth-order valence-corrected chi connectivity index (χ4v) is 1.47. The third-order valence-electron chi connectivity index (χ3n) is 2.34. The number of nitrogens with one attached hydrogen (secondary N) is 1. The van der Waals surface area contributed by atoms with Gasteiger partial charge >= 0.3 is 0 Å². The molecule has 1 saturated carbocycles. The van der Waals surface area contributed by atoms with Crippen LogP contribution in [0.4, 0.5) is 0 Å². The Morgan fingerprint density at radius 2 is 2.27 bits per heavy atom. The van der Waals surface area contributed by atoms with E-state index in [9.17, 15) is 0 Å². The molecule has 1 aliphatic rings. The van der Waals surface area contributed by atoms with Gasteiger partial charge in [-0.25, -0.2) is 0 Å². The van der Waals surface area contributed by atoms with E-state index < -0.39 is 5.54 Å². The molecular formula is C7H14N2O2. The summed E-state index contributed by atoms with van der Waals surface area (Å²) in [5, 5.41) is 20.6. The summed E-state index contributed by atoms with van der Waals surface area (Å²) in [6, 6.07) is 0. The number of rotatable bonds is 1. The molecule has 11 heavy (non-hydrogen) atoms. The first-order valence-corrected chi connectivity index (χ1v) is 3.85. The van der Waals surface area contributed by atoms with E-state index in [2.05, 4.69) is 10.6 Å². The lowest BCUT2D eigenvalue weighted by Crippen LogP contribution is -2.49. The SMILES string of the molecule is CC1(NO)CCCC/C1=N/O. The van der Waals surface area contributed by atoms with Crippen molar-refractivity contribution in [1.29, 1.82) is 0 Å². The van der Waals surface area contributed by atoms with Crippen molar-refractivity contribution in [2.75, 3.05) is 0 Å². The normalized spacial score (nSPS) is 36.0. The zero-order valence-electron chi connectivity index (χ0n) is 6.67. The highest BCUT2D eigenvalue weighted by Gasteiger charge is 2.32. The molecule has 0 saturated heterocycles. The zero-order chi connectivity index (χ0) is 8.32. The van der Waals surface area contributed by atoms with Gasteiger partial charge in [-0.1, -0.05) is 11.6 Å². The highest BCUT2D eigenvalue weighted by atomic mass is 16.5. The van der Waals surface area contributed by atoms with Gasteiger partial charge in [-0.3, -0.25) is 0 Å². The molecule has 0 aromatic carbocycles. The van der Waals surface area contributed by atoms with Crippen LogP contribution in [0.15, 0.2) is 5.16 Å². The molecule has 4 nitrogen and oxygen atoms in total. The third-order valence-corrected chi connectivity index (χ3v) is 2.34. The molecule has 0 aliphatic heterocycles. The molecule has 1 rings (SSSR count). The number of hydrogen-bond donors (Lipinski definition) is 3. The Morgan fingerprint density at radius 3 is 2.73 bits per heavy atom. The van der Waals surface area contributed by atoms with Crippen molar-refractivity contribution in [2.45, 2.75) is 38.1 Å². The second-order valence-electron chi connectivity index (χ2n) is 3.20. The first-order chi connectivity index (χ1) is 5.23. The number of oxime groups is 1. The average Bonchev–Trinajstić information content (AvgIpc) is 2.05. The van der Waals surface area contributed by atoms with Crippen LogP contribution in [0.1, 0.15) is 32.6 Å². The van der Waals surface area contributed by atoms with Gasteiger partial charge in [-0.05, 0) is 26.2 Å². The van der Waals surface area contributed by atoms with Gasteiger partial charge in [0.2, 0.25) is 0 Å². The van der Waals surface area contributed by atoms with Crippen molar-refractivity contribution in [3.05, 3.63) is 0 Å². The second kappa shape index (κ2) is 3.19. The van der Waals surface area contributed by atoms with Gasteiger partial charge in [-0.15, -0.1) is 0 Å². The maximum absolute atomic E-state index is 8.81. The summed E-state index contributed by atoms with van der Waals surface area (Å²) in [5.41, 5.74) is 2.33. The summed E-state index contributed by atoms with van der Waals surface area (Å²) in [6.07, 6.45) is 3.68. The molecule has 0 aromatic heterocycles. The lowest BCUT2D eigenvalue weighted by atomic mass is 9.82. The number of nitrogens with zero attached hydrogens (tertiary/aromatic N) is 1. The van der Waals surface area contributed by atoms with Crippen LogP contribution in [-0.2, 0) is 0 Å². The van der Waals surface area contributed by atoms with Gasteiger partial charge in [0.25, 0.3) is 0 Å². The second-order valence-corrected chi connectivity index (χ2v) is 3.20. The van der Waals surface area contributed by atoms with Crippen LogP contribution in [0, 0.1) is 0 Å². The van der Waals surface area contributed by atoms with Crippen molar-refractivity contribution in [3.63, 3.8) is 0 Å². The van der Waals surface area contributed by atoms with E-state index in [-0.39, 0.29) is 0 Å². The molecule has 0 radical (unpaired) electrons. The van der Waals surface area contributed by atoms with Crippen LogP contribution in [0.25, 0.3) is 0 Å². The van der Waals surface area contributed by atoms with Crippen molar-refractivity contribution < 1.29 is 10.4 Å². The predicted molar refractivity (Wildman–Crippen MR) is 41.0 cm³/mol. The lowest BCUT2D eigenvalue weighted by Gasteiger charge is -2.32. The quantitative estimate of drug-likeness (QED) is 0.396. The Bertz CT molecular complexity index is 170. The summed E-state index contributed by atoms with van der Waals surface area (Å²) in [6.45, 7) is 1.83. The smallest absolute Gasteiger partial charge is 0.0814 e. The Kier molecular flexibility index (Phi) is 2.46. The van der Waals surface area contributed by atoms with Crippen LogP contribution in [0.5, 0.6) is 0 Å². The van der Waals surface area contributed by atoms with Gasteiger partial charge in [0.15, 0.2) is 0 Å². The Labute approximate surface area is 65.9 Å². The van der Waals surface area contributed by atoms with Crippen molar-refractivity contribution in [3.8, 4) is 0 Å². The molecule has 1 aliphatic carbocycles. The van der Waals surface area contributed by atoms with Crippen molar-refractivity contribution in [1.82, 2.24) is 5.48 Å². The predicted octanol–water partition coefficient (Wildman–Crippen LogP) is 1.13. The minimum Gasteiger partial charge on any atom is -0.411 e. The highest BCUT2D eigenvalue weighted by Crippen LogP contribution is 2.24. The maximum atomic E-state index is 8.81. The van der Waals surface area contributed by atoms with Gasteiger partial charge in [-0.2, -0.15) is 5.48 Å². The van der Waals surface area contributed by atoms with E-state index in [0.717, 1.165) is 25.7 Å². The van der Waals surface area contributed by atoms with Crippen LogP contribution >= 0.6 is 0 Å². The van der Waals surface area contributed by atoms with Gasteiger partial charge in [0, 0.05) is 0 Å². The monoisotopic (exact) mass is 158 g/mol. The summed E-state index contributed by atoms with van der Waals surface area (Å²) in [4.78, 5) is 0. The van der Waals surface area contributed by atoms with Crippen LogP contribution in [-0.4, -0.2) is 21.7 Å². The summed E-state index contributed by atoms with van der Waals surface area (Å²) in [5.74, 6) is 0. The first kappa shape index (κ1) is 8.49. The fourth-order valence-electron chi connectivity index (χ4n) is 1.47. The van der Waals surface area contributed by atoms with E-state index in [1.807, 2.05) is 6.92 Å². The first-order valence-electron chi connectivity index (χ1n) is 3.85. The summed E-state index contributed by atoms with van der Waals surface area (Å²) in [7, 11) is 0. The molecule has 0 heterocycles. The maximum Gasteiger partial charge on any atom is 0.0814 e. The van der Waals surface area contributed by atoms with E-state index in [1.165, 1.54) is 0 Å². The minimum atomic E-state index is -0.507. The highest BCUT2D eigenvalue weighted by molar-refractivity contribution is 5.93. The zero-order valence-corrected chi connectivity index (χ0v) is 6.67. The molecule has 1 fully saturated rings. The lowest BCUT2D eigenvalue weighted by molar-refractivity contribution is 0.0933. The van der Waals surface area contributed by atoms with Crippen LogP contribution < -0.4 is 5.48 Å². The van der Waals surface area contributed by atoms with E-state index in [0.29, 0.717) is 5.71 Å². The summed E-state index contributed by atoms with van der Waals surface area (Å²) >= 11 is 0. The average molecular weight is 158 g/mol. The Balaban J connectivity index is 2.74. The van der Waals surface area contributed by atoms with E-state index >= 15 is 0 Å². The fraction of sp³-hybridized carbons (Fsp3) is 0.857. The van der Waals surface area contributed by atoms with Gasteiger partial charge < -0.3 is 10.4 Å². The number of hydroxylamine groups is 1. The topological polar surface area (TPSA) is 64.8 Å². The molecule has 4 heteroatoms. The molecule has 64 valence electrons. The summed E-state index contributed by atoms with van der Waals surface area (Å²) < 4.78 is 0. The molecule has 3 N–H and O–H groups in total. The molecule has 0 bridgehead atoms. The third kappa shape index (κ3) is 1.52. The van der Waals surface area contributed by atoms with E-state index in [4.69, 9.17) is 10.4 Å². The Morgan fingerprint density at radius 1 is 1.55 bits per heavy atom. The van der Waals surface area contributed by atoms with Crippen LogP contribution in [0.3, 0.4) is 0 Å². The van der Waals surface area contributed by atoms with Crippen LogP contribution in [0.2, 0.25) is 0 Å². The number of hydrogen-bond acceptors (Lipinski definition) is 4. The van der Waals surface area contributed by atoms with E-state index in [1.54, 1.807) is 0 Å². The standard InChI is InChI=1S/C7H14N2O2/c1-7(9-11)5-3-2-4-6(7)8-10/h9-11H,2-5H2,1H3/b8-6-. The largest absolute Gasteiger partial charge is 0.411 e. The molecule has 0 amide bonds. The molecular weight excluding hydrogens is 144 g/mol.